The third-order valence-corrected chi connectivity index (χ3v) is 4.02. The molecular weight excluding hydrogens is 300 g/mol. The summed E-state index contributed by atoms with van der Waals surface area (Å²) in [5.41, 5.74) is -0.429. The maximum Gasteiger partial charge on any atom is 0.315 e. The van der Waals surface area contributed by atoms with E-state index in [2.05, 4.69) is 11.8 Å². The number of benzene rings is 1. The Kier molecular flexibility index (Phi) is 6.32. The van der Waals surface area contributed by atoms with Crippen molar-refractivity contribution in [3.63, 3.8) is 0 Å². The number of halogens is 1. The Balaban J connectivity index is 3.39. The van der Waals surface area contributed by atoms with Crippen molar-refractivity contribution in [2.24, 2.45) is 5.92 Å². The van der Waals surface area contributed by atoms with Gasteiger partial charge in [0.1, 0.15) is 11.2 Å². The lowest BCUT2D eigenvalue weighted by atomic mass is 9.69. The topological polar surface area (TPSA) is 46.5 Å². The number of carboxylic acids is 1. The number of aliphatic carboxylic acids is 1. The number of rotatable bonds is 6. The van der Waals surface area contributed by atoms with E-state index in [4.69, 9.17) is 16.3 Å². The zero-order chi connectivity index (χ0) is 16.9. The van der Waals surface area contributed by atoms with Crippen LogP contribution in [0.3, 0.4) is 0 Å². The van der Waals surface area contributed by atoms with Crippen LogP contribution in [-0.4, -0.2) is 17.2 Å². The Labute approximate surface area is 137 Å². The molecule has 0 saturated carbocycles. The second kappa shape index (κ2) is 7.56. The van der Waals surface area contributed by atoms with Crippen LogP contribution >= 0.6 is 11.6 Å². The van der Waals surface area contributed by atoms with Crippen molar-refractivity contribution < 1.29 is 14.6 Å². The van der Waals surface area contributed by atoms with Crippen LogP contribution in [0.2, 0.25) is 5.02 Å². The van der Waals surface area contributed by atoms with E-state index in [0.717, 1.165) is 0 Å². The van der Waals surface area contributed by atoms with E-state index >= 15 is 0 Å². The molecule has 0 aromatic heterocycles. The van der Waals surface area contributed by atoms with E-state index < -0.39 is 11.4 Å². The van der Waals surface area contributed by atoms with Crippen molar-refractivity contribution in [2.75, 3.05) is 0 Å². The lowest BCUT2D eigenvalue weighted by Gasteiger charge is -2.32. The van der Waals surface area contributed by atoms with Gasteiger partial charge in [0.15, 0.2) is 0 Å². The molecule has 4 heteroatoms. The molecule has 1 N–H and O–H groups in total. The summed E-state index contributed by atoms with van der Waals surface area (Å²) in [6.45, 7) is 9.31. The van der Waals surface area contributed by atoms with Crippen molar-refractivity contribution in [3.05, 3.63) is 28.8 Å². The summed E-state index contributed by atoms with van der Waals surface area (Å²) in [4.78, 5) is 12.0. The smallest absolute Gasteiger partial charge is 0.315 e. The molecule has 1 rings (SSSR count). The van der Waals surface area contributed by atoms with Gasteiger partial charge in [-0.25, -0.2) is 0 Å². The summed E-state index contributed by atoms with van der Waals surface area (Å²) in [7, 11) is 0. The third kappa shape index (κ3) is 3.75. The van der Waals surface area contributed by atoms with Gasteiger partial charge in [0.2, 0.25) is 0 Å². The molecule has 1 atom stereocenters. The van der Waals surface area contributed by atoms with Gasteiger partial charge < -0.3 is 9.84 Å². The summed E-state index contributed by atoms with van der Waals surface area (Å²) in [6, 6.07) is 5.19. The summed E-state index contributed by atoms with van der Waals surface area (Å²) in [5.74, 6) is 5.24. The summed E-state index contributed by atoms with van der Waals surface area (Å²) < 4.78 is 5.61. The van der Waals surface area contributed by atoms with E-state index in [1.54, 1.807) is 25.1 Å². The molecule has 0 aliphatic heterocycles. The summed E-state index contributed by atoms with van der Waals surface area (Å²) in [5, 5.41) is 10.3. The molecule has 0 heterocycles. The van der Waals surface area contributed by atoms with Crippen LogP contribution in [0, 0.1) is 17.8 Å². The van der Waals surface area contributed by atoms with E-state index in [0.29, 0.717) is 16.3 Å². The molecular formula is C18H23ClO3. The van der Waals surface area contributed by atoms with Gasteiger partial charge in [-0.1, -0.05) is 31.5 Å². The molecule has 1 aromatic rings. The van der Waals surface area contributed by atoms with Gasteiger partial charge in [0.05, 0.1) is 11.1 Å². The molecule has 0 bridgehead atoms. The normalized spacial score (nSPS) is 13.5. The van der Waals surface area contributed by atoms with Crippen molar-refractivity contribution in [2.45, 2.75) is 52.6 Å². The zero-order valence-electron chi connectivity index (χ0n) is 13.7. The van der Waals surface area contributed by atoms with Gasteiger partial charge in [-0.2, -0.15) is 0 Å². The predicted octanol–water partition coefficient (Wildman–Crippen LogP) is 4.52. The van der Waals surface area contributed by atoms with E-state index in [9.17, 15) is 9.90 Å². The van der Waals surface area contributed by atoms with Gasteiger partial charge in [-0.05, 0) is 44.4 Å². The Morgan fingerprint density at radius 3 is 2.41 bits per heavy atom. The van der Waals surface area contributed by atoms with E-state index in [1.807, 2.05) is 27.7 Å². The zero-order valence-corrected chi connectivity index (χ0v) is 14.5. The number of carbonyl (C=O) groups is 1. The van der Waals surface area contributed by atoms with Gasteiger partial charge in [-0.3, -0.25) is 4.79 Å². The highest BCUT2D eigenvalue weighted by atomic mass is 35.5. The minimum absolute atomic E-state index is 0.00337. The minimum Gasteiger partial charge on any atom is -0.489 e. The third-order valence-electron chi connectivity index (χ3n) is 3.72. The molecule has 0 radical (unpaired) electrons. The van der Waals surface area contributed by atoms with E-state index in [-0.39, 0.29) is 18.4 Å². The van der Waals surface area contributed by atoms with Crippen molar-refractivity contribution in [1.82, 2.24) is 0 Å². The monoisotopic (exact) mass is 322 g/mol. The molecule has 0 saturated heterocycles. The molecule has 0 fully saturated rings. The van der Waals surface area contributed by atoms with Crippen molar-refractivity contribution in [3.8, 4) is 17.6 Å². The first-order valence-corrected chi connectivity index (χ1v) is 7.73. The van der Waals surface area contributed by atoms with Gasteiger partial charge >= 0.3 is 5.97 Å². The SMILES string of the molecule is CC#CCC(C(=O)O)(c1ccc(OC(C)C)c(Cl)c1)C(C)C. The second-order valence-electron chi connectivity index (χ2n) is 5.85. The first-order valence-electron chi connectivity index (χ1n) is 7.35. The number of ether oxygens (including phenoxy) is 1. The molecule has 0 spiro atoms. The quantitative estimate of drug-likeness (QED) is 0.783. The van der Waals surface area contributed by atoms with Crippen LogP contribution in [0.25, 0.3) is 0 Å². The fourth-order valence-electron chi connectivity index (χ4n) is 2.44. The predicted molar refractivity (Wildman–Crippen MR) is 89.4 cm³/mol. The summed E-state index contributed by atoms with van der Waals surface area (Å²) in [6.07, 6.45) is 0.251. The second-order valence-corrected chi connectivity index (χ2v) is 6.25. The van der Waals surface area contributed by atoms with Gasteiger partial charge in [-0.15, -0.1) is 11.8 Å². The highest BCUT2D eigenvalue weighted by Crippen LogP contribution is 2.39. The maximum atomic E-state index is 12.0. The molecule has 1 aromatic carbocycles. The lowest BCUT2D eigenvalue weighted by Crippen LogP contribution is -2.40. The average molecular weight is 323 g/mol. The van der Waals surface area contributed by atoms with Crippen LogP contribution in [0.1, 0.15) is 46.6 Å². The standard InChI is InChI=1S/C18H23ClO3/c1-6-7-10-18(12(2)3,17(20)21)14-8-9-16(15(19)11-14)22-13(4)5/h8-9,11-13H,10H2,1-5H3,(H,20,21). The average Bonchev–Trinajstić information content (AvgIpc) is 2.41. The maximum absolute atomic E-state index is 12.0. The fraction of sp³-hybridized carbons (Fsp3) is 0.500. The van der Waals surface area contributed by atoms with Crippen molar-refractivity contribution in [1.29, 1.82) is 0 Å². The Bertz CT molecular complexity index is 596. The van der Waals surface area contributed by atoms with Crippen LogP contribution in [0.5, 0.6) is 5.75 Å². The largest absolute Gasteiger partial charge is 0.489 e. The minimum atomic E-state index is -1.08. The van der Waals surface area contributed by atoms with Crippen LogP contribution in [-0.2, 0) is 10.2 Å². The Morgan fingerprint density at radius 1 is 1.36 bits per heavy atom. The van der Waals surface area contributed by atoms with Crippen LogP contribution in [0.4, 0.5) is 0 Å². The molecule has 120 valence electrons. The molecule has 3 nitrogen and oxygen atoms in total. The first kappa shape index (κ1) is 18.4. The lowest BCUT2D eigenvalue weighted by molar-refractivity contribution is -0.145. The fourth-order valence-corrected chi connectivity index (χ4v) is 2.67. The van der Waals surface area contributed by atoms with E-state index in [1.165, 1.54) is 0 Å². The Hall–Kier alpha value is -1.66. The molecule has 0 amide bonds. The Morgan fingerprint density at radius 2 is 2.00 bits per heavy atom. The van der Waals surface area contributed by atoms with Gasteiger partial charge in [0.25, 0.3) is 0 Å². The first-order chi connectivity index (χ1) is 10.3. The number of hydrogen-bond acceptors (Lipinski definition) is 2. The van der Waals surface area contributed by atoms with Gasteiger partial charge in [0, 0.05) is 6.42 Å². The summed E-state index contributed by atoms with van der Waals surface area (Å²) >= 11 is 6.27. The molecule has 22 heavy (non-hydrogen) atoms. The van der Waals surface area contributed by atoms with Crippen LogP contribution in [0.15, 0.2) is 18.2 Å². The number of carboxylic acid groups (broad SMARTS) is 1. The molecule has 0 aliphatic rings. The highest BCUT2D eigenvalue weighted by molar-refractivity contribution is 6.32. The highest BCUT2D eigenvalue weighted by Gasteiger charge is 2.43. The number of hydrogen-bond donors (Lipinski definition) is 1. The molecule has 1 unspecified atom stereocenters. The molecule has 0 aliphatic carbocycles. The van der Waals surface area contributed by atoms with Crippen LogP contribution < -0.4 is 4.74 Å². The van der Waals surface area contributed by atoms with Crippen molar-refractivity contribution >= 4 is 17.6 Å².